The summed E-state index contributed by atoms with van der Waals surface area (Å²) in [7, 11) is 0. The van der Waals surface area contributed by atoms with Gasteiger partial charge in [-0.2, -0.15) is 0 Å². The number of carboxylic acids is 1. The fraction of sp³-hybridized carbons (Fsp3) is 0.923. The number of fused-ring (bicyclic) bond motifs is 7. The van der Waals surface area contributed by atoms with Gasteiger partial charge in [0.2, 0.25) is 6.29 Å². The third kappa shape index (κ3) is 9.12. The van der Waals surface area contributed by atoms with Crippen molar-refractivity contribution >= 4 is 11.9 Å². The molecule has 0 amide bonds. The minimum atomic E-state index is -1.96. The zero-order valence-corrected chi connectivity index (χ0v) is 43.4. The lowest BCUT2D eigenvalue weighted by atomic mass is 9.33. The summed E-state index contributed by atoms with van der Waals surface area (Å²) in [6.45, 7) is 14.2. The van der Waals surface area contributed by atoms with Crippen molar-refractivity contribution in [1.29, 1.82) is 0 Å². The molecule has 12 N–H and O–H groups in total. The van der Waals surface area contributed by atoms with E-state index in [0.717, 1.165) is 32.1 Å². The Bertz CT molecular complexity index is 2090. The molecule has 422 valence electrons. The van der Waals surface area contributed by atoms with E-state index in [1.54, 1.807) is 0 Å². The fourth-order valence-electron chi connectivity index (χ4n) is 15.9. The van der Waals surface area contributed by atoms with Crippen LogP contribution in [0, 0.1) is 50.2 Å². The normalized spacial score (nSPS) is 53.0. The molecule has 0 spiro atoms. The molecule has 0 bridgehead atoms. The van der Waals surface area contributed by atoms with E-state index in [1.807, 2.05) is 0 Å². The van der Waals surface area contributed by atoms with Gasteiger partial charge in [0, 0.05) is 0 Å². The Balaban J connectivity index is 0.975. The highest BCUT2D eigenvalue weighted by Crippen LogP contribution is 2.76. The van der Waals surface area contributed by atoms with Crippen LogP contribution in [0.2, 0.25) is 0 Å². The largest absolute Gasteiger partial charge is 0.479 e. The molecule has 5 aliphatic carbocycles. The van der Waals surface area contributed by atoms with E-state index in [4.69, 9.17) is 37.9 Å². The van der Waals surface area contributed by atoms with Gasteiger partial charge in [-0.1, -0.05) is 60.1 Å². The molecule has 0 aromatic carbocycles. The van der Waals surface area contributed by atoms with Crippen LogP contribution < -0.4 is 0 Å². The van der Waals surface area contributed by atoms with Gasteiger partial charge in [0.15, 0.2) is 25.0 Å². The minimum Gasteiger partial charge on any atom is -0.479 e. The lowest BCUT2D eigenvalue weighted by Crippen LogP contribution is -2.68. The lowest BCUT2D eigenvalue weighted by Gasteiger charge is -2.71. The second-order valence-electron chi connectivity index (χ2n) is 25.4. The molecule has 4 saturated carbocycles. The highest BCUT2D eigenvalue weighted by atomic mass is 16.8. The summed E-state index contributed by atoms with van der Waals surface area (Å²) in [4.78, 5) is 27.7. The number of esters is 1. The van der Waals surface area contributed by atoms with Crippen molar-refractivity contribution in [1.82, 2.24) is 0 Å². The number of ether oxygens (including phenoxy) is 8. The van der Waals surface area contributed by atoms with Crippen LogP contribution >= 0.6 is 0 Å². The molecule has 22 heteroatoms. The number of rotatable bonds is 10. The molecule has 26 unspecified atom stereocenters. The maximum absolute atomic E-state index is 14.8. The van der Waals surface area contributed by atoms with Gasteiger partial charge in [-0.3, -0.25) is 4.79 Å². The monoisotopic (exact) mass is 1060 g/mol. The average molecular weight is 1060 g/mol. The molecule has 8 fully saturated rings. The quantitative estimate of drug-likeness (QED) is 0.0734. The van der Waals surface area contributed by atoms with E-state index in [2.05, 4.69) is 54.5 Å². The van der Waals surface area contributed by atoms with Crippen LogP contribution in [-0.2, 0) is 47.5 Å². The maximum atomic E-state index is 14.8. The van der Waals surface area contributed by atoms with Gasteiger partial charge in [-0.05, 0) is 109 Å². The van der Waals surface area contributed by atoms with Gasteiger partial charge >= 0.3 is 11.9 Å². The number of carbonyl (C=O) groups is 2. The Hall–Kier alpha value is -2.04. The van der Waals surface area contributed by atoms with Crippen molar-refractivity contribution in [2.75, 3.05) is 19.8 Å². The van der Waals surface area contributed by atoms with E-state index in [1.165, 1.54) is 5.57 Å². The van der Waals surface area contributed by atoms with Crippen molar-refractivity contribution in [2.24, 2.45) is 50.2 Å². The van der Waals surface area contributed by atoms with Crippen LogP contribution in [-0.4, -0.2) is 210 Å². The molecular weight excluding hydrogens is 977 g/mol. The molecule has 9 aliphatic rings. The van der Waals surface area contributed by atoms with Gasteiger partial charge in [0.25, 0.3) is 0 Å². The molecule has 4 saturated heterocycles. The van der Waals surface area contributed by atoms with Crippen LogP contribution in [0.1, 0.15) is 113 Å². The number of allylic oxidation sites excluding steroid dienone is 2. The Morgan fingerprint density at radius 1 is 0.622 bits per heavy atom. The van der Waals surface area contributed by atoms with Crippen LogP contribution in [0.5, 0.6) is 0 Å². The number of aliphatic carboxylic acids is 1. The molecule has 0 aromatic heterocycles. The van der Waals surface area contributed by atoms with E-state index in [0.29, 0.717) is 32.1 Å². The molecule has 0 radical (unpaired) electrons. The topological polar surface area (TPSA) is 351 Å². The summed E-state index contributed by atoms with van der Waals surface area (Å²) in [5.41, 5.74) is -1.25. The number of hydrogen-bond acceptors (Lipinski definition) is 21. The summed E-state index contributed by atoms with van der Waals surface area (Å²) >= 11 is 0. The third-order valence-electron chi connectivity index (χ3n) is 20.6. The van der Waals surface area contributed by atoms with Gasteiger partial charge in [-0.25, -0.2) is 4.79 Å². The zero-order chi connectivity index (χ0) is 54.0. The van der Waals surface area contributed by atoms with E-state index in [9.17, 15) is 70.9 Å². The molecule has 22 nitrogen and oxygen atoms in total. The fourth-order valence-corrected chi connectivity index (χ4v) is 15.9. The van der Waals surface area contributed by atoms with Crippen LogP contribution in [0.25, 0.3) is 0 Å². The lowest BCUT2D eigenvalue weighted by molar-refractivity contribution is -0.382. The maximum Gasteiger partial charge on any atom is 0.335 e. The van der Waals surface area contributed by atoms with Gasteiger partial charge in [0.05, 0.1) is 31.3 Å². The zero-order valence-electron chi connectivity index (χ0n) is 43.4. The van der Waals surface area contributed by atoms with Crippen molar-refractivity contribution in [2.45, 2.75) is 229 Å². The van der Waals surface area contributed by atoms with E-state index in [-0.39, 0.29) is 39.4 Å². The predicted octanol–water partition coefficient (Wildman–Crippen LogP) is -0.665. The van der Waals surface area contributed by atoms with Crippen molar-refractivity contribution < 1.29 is 109 Å². The van der Waals surface area contributed by atoms with E-state index >= 15 is 0 Å². The number of carboxylic acid groups (broad SMARTS) is 1. The molecule has 4 heterocycles. The van der Waals surface area contributed by atoms with Crippen LogP contribution in [0.4, 0.5) is 0 Å². The SMILES string of the molecule is CC1(C)CCC2(C(=O)OC3OC(CO)C(O)C(O)C3O)CCC3(C)C(=CCC4C5(C)CCC(OC6OC(C(=O)O)C(OC7OCC(O)C(O)C7O)C(O)C6OC6OCC(O)C(O)C6O)C(C)(C)C5CCC43C)C2C1. The molecule has 4 aliphatic heterocycles. The van der Waals surface area contributed by atoms with Crippen molar-refractivity contribution in [3.63, 3.8) is 0 Å². The van der Waals surface area contributed by atoms with Gasteiger partial charge < -0.3 is 99.2 Å². The number of carbonyl (C=O) groups excluding carboxylic acids is 1. The number of aliphatic hydroxyl groups excluding tert-OH is 11. The molecule has 26 atom stereocenters. The first kappa shape index (κ1) is 56.7. The molecule has 9 rings (SSSR count). The second kappa shape index (κ2) is 20.3. The van der Waals surface area contributed by atoms with Crippen LogP contribution in [0.15, 0.2) is 11.6 Å². The third-order valence-corrected chi connectivity index (χ3v) is 20.6. The summed E-state index contributed by atoms with van der Waals surface area (Å²) in [6.07, 6.45) is -21.9. The Kier molecular flexibility index (Phi) is 15.5. The Morgan fingerprint density at radius 2 is 1.22 bits per heavy atom. The van der Waals surface area contributed by atoms with E-state index < -0.39 is 159 Å². The summed E-state index contributed by atoms with van der Waals surface area (Å²) < 4.78 is 47.5. The molecular formula is C52H82O22. The molecule has 0 aromatic rings. The van der Waals surface area contributed by atoms with Gasteiger partial charge in [-0.15, -0.1) is 0 Å². The summed E-state index contributed by atoms with van der Waals surface area (Å²) in [5, 5.41) is 127. The first-order valence-corrected chi connectivity index (χ1v) is 26.6. The van der Waals surface area contributed by atoms with Gasteiger partial charge in [0.1, 0.15) is 79.4 Å². The second-order valence-corrected chi connectivity index (χ2v) is 25.4. The first-order chi connectivity index (χ1) is 34.6. The minimum absolute atomic E-state index is 0.0428. The Morgan fingerprint density at radius 3 is 1.82 bits per heavy atom. The standard InChI is InChI=1S/C52H82O22/c1-47(2)14-16-52(46(66)74-44-36(62)33(59)32(58)26(19-53)69-44)17-15-50(6)22(23(52)18-47)8-9-28-49(5)12-11-29(48(3,4)27(49)10-13-51(28,50)7)70-45-39(72-43-35(61)31(57)25(55)21-68-43)37(63)38(40(73-45)41(64)65)71-42-34(60)30(56)24(54)20-67-42/h8,23-40,42-45,53-63H,9-21H2,1-7H3,(H,64,65). The van der Waals surface area contributed by atoms with Crippen molar-refractivity contribution in [3.05, 3.63) is 11.6 Å². The summed E-state index contributed by atoms with van der Waals surface area (Å²) in [5.74, 6) is -2.08. The highest BCUT2D eigenvalue weighted by molar-refractivity contribution is 5.79. The first-order valence-electron chi connectivity index (χ1n) is 26.6. The smallest absolute Gasteiger partial charge is 0.335 e. The van der Waals surface area contributed by atoms with Crippen LogP contribution in [0.3, 0.4) is 0 Å². The average Bonchev–Trinajstić information content (AvgIpc) is 3.34. The number of hydrogen-bond donors (Lipinski definition) is 12. The van der Waals surface area contributed by atoms with Crippen molar-refractivity contribution in [3.8, 4) is 0 Å². The highest BCUT2D eigenvalue weighted by Gasteiger charge is 2.70. The molecule has 74 heavy (non-hydrogen) atoms. The summed E-state index contributed by atoms with van der Waals surface area (Å²) in [6, 6.07) is 0. The number of aliphatic hydroxyl groups is 11. The predicted molar refractivity (Wildman–Crippen MR) is 251 cm³/mol. The Labute approximate surface area is 430 Å².